The number of nitrogens with one attached hydrogen (secondary N) is 2. The van der Waals surface area contributed by atoms with Gasteiger partial charge in [-0.05, 0) is 50.7 Å². The second-order valence-corrected chi connectivity index (χ2v) is 8.06. The van der Waals surface area contributed by atoms with Crippen LogP contribution in [0.1, 0.15) is 44.6 Å². The molecule has 1 aliphatic heterocycles. The predicted molar refractivity (Wildman–Crippen MR) is 112 cm³/mol. The molecule has 1 aliphatic carbocycles. The summed E-state index contributed by atoms with van der Waals surface area (Å²) in [4.78, 5) is 7.35. The van der Waals surface area contributed by atoms with E-state index in [1.54, 1.807) is 19.2 Å². The predicted octanol–water partition coefficient (Wildman–Crippen LogP) is 2.91. The van der Waals surface area contributed by atoms with Gasteiger partial charge in [0.05, 0.1) is 6.54 Å². The lowest BCUT2D eigenvalue weighted by molar-refractivity contribution is 0.155. The second-order valence-electron chi connectivity index (χ2n) is 8.06. The van der Waals surface area contributed by atoms with Crippen LogP contribution in [0.3, 0.4) is 0 Å². The molecule has 1 saturated carbocycles. The lowest BCUT2D eigenvalue weighted by Gasteiger charge is -2.33. The van der Waals surface area contributed by atoms with Crippen LogP contribution in [0.2, 0.25) is 0 Å². The number of likely N-dealkylation sites (tertiary alicyclic amines) is 1. The molecule has 0 unspecified atom stereocenters. The third kappa shape index (κ3) is 5.67. The number of hydrogen-bond acceptors (Lipinski definition) is 3. The molecule has 1 aromatic carbocycles. The Balaban J connectivity index is 1.52. The van der Waals surface area contributed by atoms with E-state index in [4.69, 9.17) is 9.73 Å². The molecule has 28 heavy (non-hydrogen) atoms. The molecule has 0 amide bonds. The first-order valence-corrected chi connectivity index (χ1v) is 10.7. The highest BCUT2D eigenvalue weighted by molar-refractivity contribution is 5.80. The largest absolute Gasteiger partial charge is 0.385 e. The van der Waals surface area contributed by atoms with E-state index >= 15 is 0 Å². The molecule has 2 fully saturated rings. The van der Waals surface area contributed by atoms with Crippen molar-refractivity contribution in [2.75, 3.05) is 46.4 Å². The number of ether oxygens (including phenoxy) is 1. The van der Waals surface area contributed by atoms with Gasteiger partial charge in [0.2, 0.25) is 0 Å². The maximum Gasteiger partial charge on any atom is 0.191 e. The van der Waals surface area contributed by atoms with E-state index < -0.39 is 0 Å². The van der Waals surface area contributed by atoms with Crippen LogP contribution in [-0.2, 0) is 10.2 Å². The summed E-state index contributed by atoms with van der Waals surface area (Å²) < 4.78 is 19.4. The normalized spacial score (nSPS) is 20.2. The van der Waals surface area contributed by atoms with Gasteiger partial charge in [-0.2, -0.15) is 0 Å². The summed E-state index contributed by atoms with van der Waals surface area (Å²) in [6.45, 7) is 7.71. The molecule has 2 aliphatic rings. The minimum Gasteiger partial charge on any atom is -0.385 e. The first-order chi connectivity index (χ1) is 13.7. The number of methoxy groups -OCH3 is 1. The van der Waals surface area contributed by atoms with Gasteiger partial charge in [0.15, 0.2) is 5.96 Å². The average molecular weight is 391 g/mol. The van der Waals surface area contributed by atoms with Gasteiger partial charge in [-0.15, -0.1) is 0 Å². The Hall–Kier alpha value is -1.66. The molecule has 3 rings (SSSR count). The Morgan fingerprint density at radius 2 is 2.04 bits per heavy atom. The Labute approximate surface area is 168 Å². The zero-order valence-corrected chi connectivity index (χ0v) is 17.3. The summed E-state index contributed by atoms with van der Waals surface area (Å²) in [5.41, 5.74) is 0.706. The molecule has 0 atom stereocenters. The van der Waals surface area contributed by atoms with Crippen LogP contribution in [0.5, 0.6) is 0 Å². The van der Waals surface area contributed by atoms with Crippen molar-refractivity contribution in [1.29, 1.82) is 0 Å². The minimum absolute atomic E-state index is 0.103. The molecule has 1 heterocycles. The maximum absolute atomic E-state index is 14.2. The third-order valence-corrected chi connectivity index (χ3v) is 5.93. The number of piperidine rings is 1. The fourth-order valence-corrected chi connectivity index (χ4v) is 4.03. The van der Waals surface area contributed by atoms with Crippen LogP contribution in [0.4, 0.5) is 4.39 Å². The number of hydrogen-bond donors (Lipinski definition) is 2. The van der Waals surface area contributed by atoms with Gasteiger partial charge >= 0.3 is 0 Å². The van der Waals surface area contributed by atoms with E-state index in [1.807, 2.05) is 12.1 Å². The van der Waals surface area contributed by atoms with Crippen molar-refractivity contribution in [3.8, 4) is 0 Å². The smallest absolute Gasteiger partial charge is 0.191 e. The fraction of sp³-hybridized carbons (Fsp3) is 0.682. The molecule has 0 radical (unpaired) electrons. The maximum atomic E-state index is 14.2. The van der Waals surface area contributed by atoms with Gasteiger partial charge in [-0.3, -0.25) is 4.99 Å². The van der Waals surface area contributed by atoms with Crippen LogP contribution in [-0.4, -0.2) is 63.3 Å². The highest BCUT2D eigenvalue weighted by Gasteiger charge is 2.45. The first kappa shape index (κ1) is 21.1. The molecular weight excluding hydrogens is 355 g/mol. The first-order valence-electron chi connectivity index (χ1n) is 10.7. The van der Waals surface area contributed by atoms with Crippen molar-refractivity contribution >= 4 is 5.96 Å². The van der Waals surface area contributed by atoms with E-state index in [1.165, 1.54) is 0 Å². The zero-order chi connectivity index (χ0) is 19.8. The molecule has 156 valence electrons. The molecule has 1 aromatic rings. The summed E-state index contributed by atoms with van der Waals surface area (Å²) in [5.74, 6) is 0.761. The highest BCUT2D eigenvalue weighted by Crippen LogP contribution is 2.49. The van der Waals surface area contributed by atoms with Crippen molar-refractivity contribution in [3.05, 3.63) is 35.6 Å². The summed E-state index contributed by atoms with van der Waals surface area (Å²) in [6, 6.07) is 7.60. The number of benzene rings is 1. The van der Waals surface area contributed by atoms with E-state index in [-0.39, 0.29) is 11.2 Å². The van der Waals surface area contributed by atoms with Gasteiger partial charge in [0, 0.05) is 51.4 Å². The molecule has 5 nitrogen and oxygen atoms in total. The van der Waals surface area contributed by atoms with E-state index in [2.05, 4.69) is 22.5 Å². The third-order valence-electron chi connectivity index (χ3n) is 5.93. The highest BCUT2D eigenvalue weighted by atomic mass is 19.1. The van der Waals surface area contributed by atoms with Gasteiger partial charge < -0.3 is 20.3 Å². The van der Waals surface area contributed by atoms with Gasteiger partial charge in [-0.25, -0.2) is 4.39 Å². The Morgan fingerprint density at radius 1 is 1.29 bits per heavy atom. The van der Waals surface area contributed by atoms with E-state index in [0.717, 1.165) is 76.4 Å². The molecule has 6 heteroatoms. The molecule has 0 bridgehead atoms. The van der Waals surface area contributed by atoms with Gasteiger partial charge in [0.1, 0.15) is 5.82 Å². The molecular formula is C22H35FN4O. The Morgan fingerprint density at radius 3 is 2.68 bits per heavy atom. The van der Waals surface area contributed by atoms with Crippen molar-refractivity contribution in [1.82, 2.24) is 15.5 Å². The van der Waals surface area contributed by atoms with Gasteiger partial charge in [-0.1, -0.05) is 18.2 Å². The Kier molecular flexibility index (Phi) is 7.68. The fourth-order valence-electron chi connectivity index (χ4n) is 4.03. The molecule has 2 N–H and O–H groups in total. The number of aliphatic imine (C=N–C) groups is 1. The van der Waals surface area contributed by atoms with Crippen LogP contribution < -0.4 is 10.6 Å². The van der Waals surface area contributed by atoms with Crippen molar-refractivity contribution in [2.45, 2.75) is 50.5 Å². The minimum atomic E-state index is -0.113. The number of guanidine groups is 1. The quantitative estimate of drug-likeness (QED) is 0.387. The summed E-state index contributed by atoms with van der Waals surface area (Å²) in [5, 5.41) is 6.97. The molecule has 0 spiro atoms. The molecule has 1 saturated heterocycles. The zero-order valence-electron chi connectivity index (χ0n) is 17.3. The number of rotatable bonds is 9. The Bertz CT molecular complexity index is 639. The summed E-state index contributed by atoms with van der Waals surface area (Å²) >= 11 is 0. The van der Waals surface area contributed by atoms with Crippen molar-refractivity contribution < 1.29 is 9.13 Å². The lowest BCUT2D eigenvalue weighted by atomic mass is 9.95. The summed E-state index contributed by atoms with van der Waals surface area (Å²) in [6.07, 6.45) is 5.36. The number of halogens is 1. The lowest BCUT2D eigenvalue weighted by Crippen LogP contribution is -2.49. The van der Waals surface area contributed by atoms with Gasteiger partial charge in [0.25, 0.3) is 0 Å². The van der Waals surface area contributed by atoms with Crippen LogP contribution in [0.15, 0.2) is 29.3 Å². The van der Waals surface area contributed by atoms with Crippen molar-refractivity contribution in [2.24, 2.45) is 4.99 Å². The summed E-state index contributed by atoms with van der Waals surface area (Å²) in [7, 11) is 1.76. The van der Waals surface area contributed by atoms with Crippen LogP contribution >= 0.6 is 0 Å². The molecule has 0 aromatic heterocycles. The SMILES string of the molecule is CCNC(=NCC1(c2ccccc2F)CC1)NC1CCN(CCCOC)CC1. The van der Waals surface area contributed by atoms with Crippen LogP contribution in [0, 0.1) is 5.82 Å². The average Bonchev–Trinajstić information content (AvgIpc) is 3.49. The number of nitrogens with zero attached hydrogens (tertiary/aromatic N) is 2. The van der Waals surface area contributed by atoms with E-state index in [9.17, 15) is 4.39 Å². The van der Waals surface area contributed by atoms with E-state index in [0.29, 0.717) is 12.6 Å². The standard InChI is InChI=1S/C22H35FN4O/c1-3-24-21(26-18-9-14-27(15-10-18)13-6-16-28-2)25-17-22(11-12-22)19-7-4-5-8-20(19)23/h4-5,7-8,18H,3,6,9-17H2,1-2H3,(H2,24,25,26). The van der Waals surface area contributed by atoms with Crippen molar-refractivity contribution in [3.63, 3.8) is 0 Å². The monoisotopic (exact) mass is 390 g/mol. The second kappa shape index (κ2) is 10.2. The topological polar surface area (TPSA) is 48.9 Å². The van der Waals surface area contributed by atoms with Crippen LogP contribution in [0.25, 0.3) is 0 Å².